The highest BCUT2D eigenvalue weighted by Gasteiger charge is 2.42. The predicted octanol–water partition coefficient (Wildman–Crippen LogP) is 1.95. The zero-order chi connectivity index (χ0) is 10.9. The Morgan fingerprint density at radius 3 is 2.60 bits per heavy atom. The normalized spacial score (nSPS) is 20.2. The predicted molar refractivity (Wildman–Crippen MR) is 64.1 cm³/mol. The molecule has 2 rings (SSSR count). The van der Waals surface area contributed by atoms with Crippen molar-refractivity contribution in [1.29, 1.82) is 0 Å². The quantitative estimate of drug-likeness (QED) is 0.804. The van der Waals surface area contributed by atoms with E-state index < -0.39 is 5.60 Å². The molecule has 1 heterocycles. The second-order valence-corrected chi connectivity index (χ2v) is 5.73. The Bertz CT molecular complexity index is 332. The molecule has 3 N–H and O–H groups in total. The summed E-state index contributed by atoms with van der Waals surface area (Å²) in [5, 5.41) is 10.4. The molecule has 1 aliphatic rings. The van der Waals surface area contributed by atoms with Gasteiger partial charge in [0.25, 0.3) is 0 Å². The summed E-state index contributed by atoms with van der Waals surface area (Å²) in [7, 11) is 0. The number of aryl methyl sites for hydroxylation is 1. The molecule has 15 heavy (non-hydrogen) atoms. The van der Waals surface area contributed by atoms with Crippen LogP contribution in [0.1, 0.15) is 29.5 Å². The Labute approximate surface area is 95.1 Å². The van der Waals surface area contributed by atoms with Crippen LogP contribution < -0.4 is 5.73 Å². The molecular formula is C12H19NOS. The summed E-state index contributed by atoms with van der Waals surface area (Å²) in [4.78, 5) is 2.66. The molecule has 1 unspecified atom stereocenters. The van der Waals surface area contributed by atoms with Crippen LogP contribution in [0.15, 0.2) is 12.1 Å². The van der Waals surface area contributed by atoms with Gasteiger partial charge < -0.3 is 10.8 Å². The standard InChI is InChI=1S/C12H19NOS/c1-2-10-5-6-11(15-10)7-12(14,8-13)9-3-4-9/h5-6,9,14H,2-4,7-8,13H2,1H3. The first-order valence-corrected chi connectivity index (χ1v) is 6.49. The molecule has 1 fully saturated rings. The van der Waals surface area contributed by atoms with Crippen LogP contribution >= 0.6 is 11.3 Å². The molecule has 2 nitrogen and oxygen atoms in total. The van der Waals surface area contributed by atoms with Gasteiger partial charge in [0.2, 0.25) is 0 Å². The Hall–Kier alpha value is -0.380. The Morgan fingerprint density at radius 2 is 2.13 bits per heavy atom. The first-order chi connectivity index (χ1) is 7.18. The van der Waals surface area contributed by atoms with Gasteiger partial charge in [0.15, 0.2) is 0 Å². The summed E-state index contributed by atoms with van der Waals surface area (Å²) >= 11 is 1.80. The molecule has 0 spiro atoms. The lowest BCUT2D eigenvalue weighted by atomic mass is 9.93. The molecule has 1 saturated carbocycles. The van der Waals surface area contributed by atoms with Gasteiger partial charge in [0.05, 0.1) is 5.60 Å². The molecule has 1 aromatic heterocycles. The fourth-order valence-corrected chi connectivity index (χ4v) is 3.09. The van der Waals surface area contributed by atoms with Gasteiger partial charge in [-0.25, -0.2) is 0 Å². The minimum atomic E-state index is -0.643. The van der Waals surface area contributed by atoms with Crippen molar-refractivity contribution < 1.29 is 5.11 Å². The fourth-order valence-electron chi connectivity index (χ4n) is 2.01. The molecule has 1 atom stereocenters. The average Bonchev–Trinajstić information content (AvgIpc) is 3.01. The van der Waals surface area contributed by atoms with Gasteiger partial charge in [-0.05, 0) is 37.3 Å². The maximum absolute atomic E-state index is 10.4. The number of thiophene rings is 1. The third-order valence-corrected chi connectivity index (χ3v) is 4.47. The van der Waals surface area contributed by atoms with Gasteiger partial charge >= 0.3 is 0 Å². The third kappa shape index (κ3) is 2.41. The number of rotatable bonds is 5. The van der Waals surface area contributed by atoms with E-state index in [1.807, 2.05) is 0 Å². The van der Waals surface area contributed by atoms with Crippen LogP contribution in [-0.2, 0) is 12.8 Å². The molecule has 0 bridgehead atoms. The van der Waals surface area contributed by atoms with Crippen molar-refractivity contribution in [2.75, 3.05) is 6.54 Å². The summed E-state index contributed by atoms with van der Waals surface area (Å²) in [5.41, 5.74) is 5.05. The van der Waals surface area contributed by atoms with E-state index in [2.05, 4.69) is 19.1 Å². The molecule has 0 aromatic carbocycles. The van der Waals surface area contributed by atoms with Crippen LogP contribution in [0.4, 0.5) is 0 Å². The van der Waals surface area contributed by atoms with E-state index in [1.54, 1.807) is 11.3 Å². The molecule has 0 aliphatic heterocycles. The highest BCUT2D eigenvalue weighted by molar-refractivity contribution is 7.12. The van der Waals surface area contributed by atoms with Crippen molar-refractivity contribution in [2.24, 2.45) is 11.7 Å². The minimum absolute atomic E-state index is 0.386. The first kappa shape index (κ1) is 11.1. The van der Waals surface area contributed by atoms with Gasteiger partial charge in [-0.15, -0.1) is 11.3 Å². The van der Waals surface area contributed by atoms with Crippen molar-refractivity contribution >= 4 is 11.3 Å². The lowest BCUT2D eigenvalue weighted by Crippen LogP contribution is -2.42. The van der Waals surface area contributed by atoms with Gasteiger partial charge in [0.1, 0.15) is 0 Å². The van der Waals surface area contributed by atoms with E-state index in [9.17, 15) is 5.11 Å². The van der Waals surface area contributed by atoms with Crippen LogP contribution in [0.3, 0.4) is 0 Å². The molecule has 0 amide bonds. The van der Waals surface area contributed by atoms with E-state index in [-0.39, 0.29) is 0 Å². The summed E-state index contributed by atoms with van der Waals surface area (Å²) in [6, 6.07) is 4.29. The first-order valence-electron chi connectivity index (χ1n) is 5.68. The highest BCUT2D eigenvalue weighted by Crippen LogP contribution is 2.41. The van der Waals surface area contributed by atoms with Gasteiger partial charge in [0, 0.05) is 22.7 Å². The van der Waals surface area contributed by atoms with Crippen LogP contribution in [0.5, 0.6) is 0 Å². The molecule has 84 valence electrons. The molecule has 1 aromatic rings. The number of hydrogen-bond acceptors (Lipinski definition) is 3. The van der Waals surface area contributed by atoms with Crippen LogP contribution in [0.2, 0.25) is 0 Å². The minimum Gasteiger partial charge on any atom is -0.388 e. The van der Waals surface area contributed by atoms with Crippen LogP contribution in [-0.4, -0.2) is 17.3 Å². The highest BCUT2D eigenvalue weighted by atomic mass is 32.1. The SMILES string of the molecule is CCc1ccc(CC(O)(CN)C2CC2)s1. The number of nitrogens with two attached hydrogens (primary N) is 1. The molecule has 3 heteroatoms. The molecule has 1 aliphatic carbocycles. The van der Waals surface area contributed by atoms with Crippen molar-refractivity contribution in [3.8, 4) is 0 Å². The van der Waals surface area contributed by atoms with Crippen molar-refractivity contribution in [3.05, 3.63) is 21.9 Å². The summed E-state index contributed by atoms with van der Waals surface area (Å²) in [6.45, 7) is 2.54. The lowest BCUT2D eigenvalue weighted by molar-refractivity contribution is 0.0275. The zero-order valence-corrected chi connectivity index (χ0v) is 10.0. The van der Waals surface area contributed by atoms with E-state index in [0.29, 0.717) is 12.5 Å². The van der Waals surface area contributed by atoms with E-state index in [1.165, 1.54) is 9.75 Å². The number of hydrogen-bond donors (Lipinski definition) is 2. The number of aliphatic hydroxyl groups is 1. The maximum Gasteiger partial charge on any atom is 0.0845 e. The average molecular weight is 225 g/mol. The van der Waals surface area contributed by atoms with E-state index in [0.717, 1.165) is 25.7 Å². The maximum atomic E-state index is 10.4. The summed E-state index contributed by atoms with van der Waals surface area (Å²) in [6.07, 6.45) is 4.09. The largest absolute Gasteiger partial charge is 0.388 e. The molecule has 0 saturated heterocycles. The Kier molecular flexibility index (Phi) is 3.14. The second-order valence-electron chi connectivity index (χ2n) is 4.48. The van der Waals surface area contributed by atoms with E-state index >= 15 is 0 Å². The Morgan fingerprint density at radius 1 is 1.47 bits per heavy atom. The Balaban J connectivity index is 2.05. The van der Waals surface area contributed by atoms with Crippen molar-refractivity contribution in [2.45, 2.75) is 38.2 Å². The topological polar surface area (TPSA) is 46.2 Å². The fraction of sp³-hybridized carbons (Fsp3) is 0.667. The van der Waals surface area contributed by atoms with Gasteiger partial charge in [-0.1, -0.05) is 6.92 Å². The monoisotopic (exact) mass is 225 g/mol. The second kappa shape index (κ2) is 4.24. The summed E-state index contributed by atoms with van der Waals surface area (Å²) in [5.74, 6) is 0.440. The van der Waals surface area contributed by atoms with Gasteiger partial charge in [-0.3, -0.25) is 0 Å². The van der Waals surface area contributed by atoms with Crippen molar-refractivity contribution in [3.63, 3.8) is 0 Å². The van der Waals surface area contributed by atoms with Crippen LogP contribution in [0.25, 0.3) is 0 Å². The third-order valence-electron chi connectivity index (χ3n) is 3.24. The summed E-state index contributed by atoms with van der Waals surface area (Å²) < 4.78 is 0. The van der Waals surface area contributed by atoms with Gasteiger partial charge in [-0.2, -0.15) is 0 Å². The lowest BCUT2D eigenvalue weighted by Gasteiger charge is -2.25. The van der Waals surface area contributed by atoms with Crippen LogP contribution in [0, 0.1) is 5.92 Å². The van der Waals surface area contributed by atoms with E-state index in [4.69, 9.17) is 5.73 Å². The van der Waals surface area contributed by atoms with Crippen molar-refractivity contribution in [1.82, 2.24) is 0 Å². The smallest absolute Gasteiger partial charge is 0.0845 e. The molecule has 0 radical (unpaired) electrons. The zero-order valence-electron chi connectivity index (χ0n) is 9.20. The molecular weight excluding hydrogens is 206 g/mol.